The predicted octanol–water partition coefficient (Wildman–Crippen LogP) is 2.24. The number of alkyl halides is 3. The van der Waals surface area contributed by atoms with Crippen molar-refractivity contribution in [2.75, 3.05) is 5.32 Å². The highest BCUT2D eigenvalue weighted by molar-refractivity contribution is 6.60. The Balaban J connectivity index is 2.41. The summed E-state index contributed by atoms with van der Waals surface area (Å²) in [6, 6.07) is 9.72. The molecule has 0 saturated heterocycles. The van der Waals surface area contributed by atoms with Gasteiger partial charge in [0.2, 0.25) is 0 Å². The fourth-order valence-corrected chi connectivity index (χ4v) is 2.75. The van der Waals surface area contributed by atoms with Gasteiger partial charge in [-0.05, 0) is 36.8 Å². The fourth-order valence-electron chi connectivity index (χ4n) is 2.75. The number of anilines is 1. The third-order valence-corrected chi connectivity index (χ3v) is 3.91. The Kier molecular flexibility index (Phi) is 4.61. The quantitative estimate of drug-likeness (QED) is 0.727. The van der Waals surface area contributed by atoms with E-state index in [1.807, 2.05) is 0 Å². The van der Waals surface area contributed by atoms with Gasteiger partial charge in [-0.1, -0.05) is 23.4 Å². The van der Waals surface area contributed by atoms with Crippen molar-refractivity contribution in [3.8, 4) is 5.69 Å². The van der Waals surface area contributed by atoms with Crippen molar-refractivity contribution in [1.82, 2.24) is 9.55 Å². The monoisotopic (exact) mass is 363 g/mol. The van der Waals surface area contributed by atoms with E-state index in [9.17, 15) is 18.0 Å². The molecular weight excluding hydrogens is 352 g/mol. The number of para-hydroxylation sites is 1. The molecular formula is C17H11B3F3N3O. The normalized spacial score (nSPS) is 12.3. The van der Waals surface area contributed by atoms with E-state index in [1.54, 1.807) is 31.2 Å². The molecule has 0 bridgehead atoms. The van der Waals surface area contributed by atoms with E-state index in [2.05, 4.69) is 10.3 Å². The van der Waals surface area contributed by atoms with E-state index in [1.165, 1.54) is 6.07 Å². The van der Waals surface area contributed by atoms with Crippen LogP contribution in [0.25, 0.3) is 16.6 Å². The highest BCUT2D eigenvalue weighted by Gasteiger charge is 2.31. The lowest BCUT2D eigenvalue weighted by Crippen LogP contribution is -2.41. The summed E-state index contributed by atoms with van der Waals surface area (Å²) >= 11 is 0. The maximum atomic E-state index is 13.2. The lowest BCUT2D eigenvalue weighted by Gasteiger charge is -2.25. The van der Waals surface area contributed by atoms with Gasteiger partial charge in [-0.3, -0.25) is 4.57 Å². The summed E-state index contributed by atoms with van der Waals surface area (Å²) in [6.07, 6.45) is -4.59. The number of hydrogen-bond donors (Lipinski definition) is 1. The summed E-state index contributed by atoms with van der Waals surface area (Å²) in [5.74, 6) is -0.110. The zero-order chi connectivity index (χ0) is 20.0. The van der Waals surface area contributed by atoms with Crippen molar-refractivity contribution in [3.05, 3.63) is 64.1 Å². The molecule has 2 aromatic carbocycles. The molecule has 4 nitrogen and oxygen atoms in total. The molecule has 0 aliphatic rings. The van der Waals surface area contributed by atoms with Crippen LogP contribution in [0.1, 0.15) is 11.1 Å². The Morgan fingerprint density at radius 3 is 2.33 bits per heavy atom. The van der Waals surface area contributed by atoms with Crippen LogP contribution in [0.4, 0.5) is 19.0 Å². The van der Waals surface area contributed by atoms with Gasteiger partial charge < -0.3 is 5.32 Å². The predicted molar refractivity (Wildman–Crippen MR) is 101 cm³/mol. The summed E-state index contributed by atoms with van der Waals surface area (Å²) in [5, 5.41) is 0.736. The van der Waals surface area contributed by atoms with Crippen molar-refractivity contribution in [2.45, 2.75) is 18.3 Å². The first-order valence-electron chi connectivity index (χ1n) is 7.82. The molecule has 0 atom stereocenters. The number of rotatable bonds is 3. The van der Waals surface area contributed by atoms with Crippen LogP contribution >= 0.6 is 0 Å². The molecule has 1 heterocycles. The Hall–Kier alpha value is -2.64. The number of nitrogens with zero attached hydrogens (tertiary/aromatic N) is 2. The second-order valence-corrected chi connectivity index (χ2v) is 6.15. The molecule has 1 aromatic heterocycles. The smallest absolute Gasteiger partial charge is 0.389 e. The van der Waals surface area contributed by atoms with Crippen molar-refractivity contribution < 1.29 is 13.2 Å². The van der Waals surface area contributed by atoms with Gasteiger partial charge in [0.25, 0.3) is 0 Å². The van der Waals surface area contributed by atoms with E-state index in [0.29, 0.717) is 11.3 Å². The first-order chi connectivity index (χ1) is 12.5. The second kappa shape index (κ2) is 6.51. The molecule has 0 aliphatic heterocycles. The molecule has 130 valence electrons. The maximum absolute atomic E-state index is 13.2. The van der Waals surface area contributed by atoms with Crippen molar-refractivity contribution in [2.24, 2.45) is 0 Å². The zero-order valence-electron chi connectivity index (χ0n) is 14.2. The van der Waals surface area contributed by atoms with Gasteiger partial charge in [0.1, 0.15) is 5.82 Å². The summed E-state index contributed by atoms with van der Waals surface area (Å²) in [4.78, 5) is 16.5. The molecule has 6 radical (unpaired) electrons. The summed E-state index contributed by atoms with van der Waals surface area (Å²) in [5.41, 5.74) is -0.626. The zero-order valence-corrected chi connectivity index (χ0v) is 14.2. The molecule has 0 saturated carbocycles. The summed E-state index contributed by atoms with van der Waals surface area (Å²) in [7, 11) is 16.5. The van der Waals surface area contributed by atoms with Gasteiger partial charge in [0.05, 0.1) is 40.3 Å². The fraction of sp³-hybridized carbons (Fsp3) is 0.176. The standard InChI is InChI=1S/C17H11B3F3N3O/c1-9-4-2-3-5-12(9)26-13-8-10(16(21,22)23)6-7-11(13)14(24-15(26)27)25-17(18,19)20/h2-8H,1H3,(H,24,25,27). The first kappa shape index (κ1) is 19.1. The summed E-state index contributed by atoms with van der Waals surface area (Å²) < 4.78 is 40.8. The van der Waals surface area contributed by atoms with Gasteiger partial charge >= 0.3 is 11.9 Å². The average Bonchev–Trinajstić information content (AvgIpc) is 2.53. The minimum Gasteiger partial charge on any atom is -0.389 e. The van der Waals surface area contributed by atoms with Gasteiger partial charge in [-0.25, -0.2) is 4.79 Å². The van der Waals surface area contributed by atoms with Crippen LogP contribution < -0.4 is 11.0 Å². The van der Waals surface area contributed by atoms with Gasteiger partial charge in [-0.2, -0.15) is 18.2 Å². The van der Waals surface area contributed by atoms with E-state index >= 15 is 0 Å². The average molecular weight is 363 g/mol. The van der Waals surface area contributed by atoms with E-state index in [0.717, 1.165) is 16.7 Å². The van der Waals surface area contributed by atoms with E-state index in [4.69, 9.17) is 23.5 Å². The molecule has 3 rings (SSSR count). The van der Waals surface area contributed by atoms with E-state index in [-0.39, 0.29) is 16.7 Å². The topological polar surface area (TPSA) is 46.9 Å². The molecule has 10 heteroatoms. The maximum Gasteiger partial charge on any atom is 0.416 e. The number of fused-ring (bicyclic) bond motifs is 1. The van der Waals surface area contributed by atoms with Crippen LogP contribution in [0.3, 0.4) is 0 Å². The van der Waals surface area contributed by atoms with Gasteiger partial charge in [0, 0.05) is 5.39 Å². The van der Waals surface area contributed by atoms with Crippen LogP contribution in [0.5, 0.6) is 0 Å². The van der Waals surface area contributed by atoms with Gasteiger partial charge in [0.15, 0.2) is 0 Å². The third kappa shape index (κ3) is 3.89. The van der Waals surface area contributed by atoms with Crippen molar-refractivity contribution in [1.29, 1.82) is 0 Å². The van der Waals surface area contributed by atoms with Crippen molar-refractivity contribution >= 4 is 40.3 Å². The number of nitrogens with one attached hydrogen (secondary N) is 1. The Morgan fingerprint density at radius 2 is 1.74 bits per heavy atom. The number of hydrogen-bond acceptors (Lipinski definition) is 3. The lowest BCUT2D eigenvalue weighted by atomic mass is 9.49. The molecule has 27 heavy (non-hydrogen) atoms. The molecule has 0 amide bonds. The Morgan fingerprint density at radius 1 is 1.07 bits per heavy atom. The second-order valence-electron chi connectivity index (χ2n) is 6.15. The van der Waals surface area contributed by atoms with Crippen molar-refractivity contribution in [3.63, 3.8) is 0 Å². The number of benzene rings is 2. The van der Waals surface area contributed by atoms with Crippen LogP contribution in [-0.4, -0.2) is 38.3 Å². The summed E-state index contributed by atoms with van der Waals surface area (Å²) in [6.45, 7) is 1.73. The molecule has 0 aliphatic carbocycles. The number of aromatic nitrogens is 2. The first-order valence-corrected chi connectivity index (χ1v) is 7.82. The van der Waals surface area contributed by atoms with Crippen LogP contribution in [0.15, 0.2) is 47.3 Å². The van der Waals surface area contributed by atoms with Gasteiger partial charge in [-0.15, -0.1) is 0 Å². The molecule has 3 aromatic rings. The number of aryl methyl sites for hydroxylation is 1. The van der Waals surface area contributed by atoms with Crippen LogP contribution in [0, 0.1) is 6.92 Å². The molecule has 1 N–H and O–H groups in total. The largest absolute Gasteiger partial charge is 0.416 e. The SMILES string of the molecule is [B]C([B])([B])Nc1nc(=O)n(-c2ccccc2C)c2cc(C(F)(F)F)ccc12. The molecule has 0 unspecified atom stereocenters. The molecule has 0 fully saturated rings. The molecule has 0 spiro atoms. The van der Waals surface area contributed by atoms with E-state index < -0.39 is 22.7 Å². The van der Waals surface area contributed by atoms with Crippen LogP contribution in [-0.2, 0) is 6.18 Å². The van der Waals surface area contributed by atoms with Crippen LogP contribution in [0.2, 0.25) is 0 Å². The number of halogens is 3. The Labute approximate surface area is 157 Å². The third-order valence-electron chi connectivity index (χ3n) is 3.91. The minimum absolute atomic E-state index is 0.00845. The minimum atomic E-state index is -4.59. The highest BCUT2D eigenvalue weighted by Crippen LogP contribution is 2.33. The lowest BCUT2D eigenvalue weighted by molar-refractivity contribution is -0.137. The highest BCUT2D eigenvalue weighted by atomic mass is 19.4. The Bertz CT molecular complexity index is 1070.